The molecular weight excluding hydrogens is 284 g/mol. The molecule has 21 heavy (non-hydrogen) atoms. The lowest BCUT2D eigenvalue weighted by molar-refractivity contribution is -0.140. The van der Waals surface area contributed by atoms with Crippen LogP contribution in [0.15, 0.2) is 18.2 Å². The lowest BCUT2D eigenvalue weighted by Crippen LogP contribution is -2.38. The molecule has 0 bridgehead atoms. The van der Waals surface area contributed by atoms with E-state index >= 15 is 0 Å². The second-order valence-corrected chi connectivity index (χ2v) is 4.90. The molecule has 2 N–H and O–H groups in total. The Morgan fingerprint density at radius 2 is 2.14 bits per heavy atom. The number of carboxylic acids is 1. The molecule has 2 rings (SSSR count). The lowest BCUT2D eigenvalue weighted by atomic mass is 10.1. The van der Waals surface area contributed by atoms with Crippen molar-refractivity contribution >= 4 is 5.97 Å². The van der Waals surface area contributed by atoms with Gasteiger partial charge in [0.15, 0.2) is 11.5 Å². The first-order valence-corrected chi connectivity index (χ1v) is 6.59. The molecule has 0 aromatic heterocycles. The molecule has 0 radical (unpaired) electrons. The summed E-state index contributed by atoms with van der Waals surface area (Å²) < 4.78 is 33.8. The zero-order chi connectivity index (χ0) is 15.4. The molecule has 0 spiro atoms. The first-order valence-electron chi connectivity index (χ1n) is 6.59. The van der Waals surface area contributed by atoms with Crippen molar-refractivity contribution in [2.24, 2.45) is 5.92 Å². The number of rotatable bonds is 8. The summed E-state index contributed by atoms with van der Waals surface area (Å²) in [5, 5.41) is 12.1. The van der Waals surface area contributed by atoms with Crippen molar-refractivity contribution in [3.8, 4) is 11.5 Å². The number of halogens is 2. The molecule has 1 fully saturated rings. The maximum atomic E-state index is 12.2. The van der Waals surface area contributed by atoms with Gasteiger partial charge in [0.05, 0.1) is 7.11 Å². The average Bonchev–Trinajstić information content (AvgIpc) is 3.24. The Bertz CT molecular complexity index is 506. The molecule has 5 nitrogen and oxygen atoms in total. The van der Waals surface area contributed by atoms with E-state index in [9.17, 15) is 13.6 Å². The fourth-order valence-electron chi connectivity index (χ4n) is 2.13. The van der Waals surface area contributed by atoms with Crippen molar-refractivity contribution in [2.75, 3.05) is 7.11 Å². The predicted molar refractivity (Wildman–Crippen MR) is 70.6 cm³/mol. The smallest absolute Gasteiger partial charge is 0.387 e. The van der Waals surface area contributed by atoms with Crippen LogP contribution in [0.2, 0.25) is 0 Å². The second kappa shape index (κ2) is 6.71. The summed E-state index contributed by atoms with van der Waals surface area (Å²) in [6.45, 7) is -2.60. The molecule has 1 saturated carbocycles. The van der Waals surface area contributed by atoms with E-state index in [4.69, 9.17) is 9.84 Å². The first kappa shape index (κ1) is 15.5. The van der Waals surface area contributed by atoms with E-state index in [1.54, 1.807) is 12.1 Å². The first-order chi connectivity index (χ1) is 10.0. The molecule has 1 atom stereocenters. The zero-order valence-electron chi connectivity index (χ0n) is 11.5. The maximum absolute atomic E-state index is 12.2. The summed E-state index contributed by atoms with van der Waals surface area (Å²) in [7, 11) is 1.36. The highest BCUT2D eigenvalue weighted by atomic mass is 19.3. The summed E-state index contributed by atoms with van der Waals surface area (Å²) in [6, 6.07) is 3.96. The molecule has 1 aliphatic carbocycles. The monoisotopic (exact) mass is 301 g/mol. The standard InChI is InChI=1S/C14H17F2NO4/c1-20-11-6-8(2-5-10(11)21-14(15)16)7-17-12(13(18)19)9-3-4-9/h2,5-6,9,12,14,17H,3-4,7H2,1H3,(H,18,19). The third-order valence-corrected chi connectivity index (χ3v) is 3.33. The van der Waals surface area contributed by atoms with Gasteiger partial charge in [-0.05, 0) is 36.5 Å². The number of alkyl halides is 2. The molecule has 0 amide bonds. The number of nitrogens with one attached hydrogen (secondary N) is 1. The number of hydrogen-bond acceptors (Lipinski definition) is 4. The largest absolute Gasteiger partial charge is 0.493 e. The van der Waals surface area contributed by atoms with Crippen LogP contribution in [0.3, 0.4) is 0 Å². The Labute approximate surface area is 120 Å². The highest BCUT2D eigenvalue weighted by Gasteiger charge is 2.35. The number of aliphatic carboxylic acids is 1. The molecule has 1 aromatic rings. The number of carboxylic acid groups (broad SMARTS) is 1. The van der Waals surface area contributed by atoms with Gasteiger partial charge < -0.3 is 19.9 Å². The van der Waals surface area contributed by atoms with Gasteiger partial charge in [-0.2, -0.15) is 8.78 Å². The van der Waals surface area contributed by atoms with Gasteiger partial charge in [0, 0.05) is 6.54 Å². The van der Waals surface area contributed by atoms with Gasteiger partial charge >= 0.3 is 12.6 Å². The molecule has 7 heteroatoms. The van der Waals surface area contributed by atoms with Crippen molar-refractivity contribution in [3.05, 3.63) is 23.8 Å². The van der Waals surface area contributed by atoms with E-state index < -0.39 is 18.6 Å². The fraction of sp³-hybridized carbons (Fsp3) is 0.500. The van der Waals surface area contributed by atoms with Gasteiger partial charge in [-0.3, -0.25) is 4.79 Å². The highest BCUT2D eigenvalue weighted by molar-refractivity contribution is 5.74. The van der Waals surface area contributed by atoms with Crippen LogP contribution < -0.4 is 14.8 Å². The Hall–Kier alpha value is -1.89. The van der Waals surface area contributed by atoms with Gasteiger partial charge in [-0.15, -0.1) is 0 Å². The van der Waals surface area contributed by atoms with Crippen molar-refractivity contribution in [3.63, 3.8) is 0 Å². The Morgan fingerprint density at radius 3 is 2.67 bits per heavy atom. The minimum Gasteiger partial charge on any atom is -0.493 e. The van der Waals surface area contributed by atoms with Crippen LogP contribution >= 0.6 is 0 Å². The van der Waals surface area contributed by atoms with Gasteiger partial charge in [-0.25, -0.2) is 0 Å². The average molecular weight is 301 g/mol. The Morgan fingerprint density at radius 1 is 1.43 bits per heavy atom. The number of methoxy groups -OCH3 is 1. The number of benzene rings is 1. The lowest BCUT2D eigenvalue weighted by Gasteiger charge is -2.15. The minimum absolute atomic E-state index is 0.0479. The zero-order valence-corrected chi connectivity index (χ0v) is 11.5. The van der Waals surface area contributed by atoms with Crippen LogP contribution in [0.25, 0.3) is 0 Å². The van der Waals surface area contributed by atoms with Crippen molar-refractivity contribution in [1.82, 2.24) is 5.32 Å². The summed E-state index contributed by atoms with van der Waals surface area (Å²) in [5.74, 6) is -0.561. The topological polar surface area (TPSA) is 67.8 Å². The molecule has 116 valence electrons. The molecule has 1 aliphatic rings. The minimum atomic E-state index is -2.92. The highest BCUT2D eigenvalue weighted by Crippen LogP contribution is 2.33. The Balaban J connectivity index is 2.01. The fourth-order valence-corrected chi connectivity index (χ4v) is 2.13. The van der Waals surface area contributed by atoms with E-state index in [2.05, 4.69) is 10.1 Å². The van der Waals surface area contributed by atoms with Crippen LogP contribution in [0, 0.1) is 5.92 Å². The van der Waals surface area contributed by atoms with Crippen LogP contribution in [0.1, 0.15) is 18.4 Å². The third kappa shape index (κ3) is 4.29. The summed E-state index contributed by atoms with van der Waals surface area (Å²) in [4.78, 5) is 11.1. The summed E-state index contributed by atoms with van der Waals surface area (Å²) in [5.41, 5.74) is 0.736. The number of carbonyl (C=O) groups is 1. The maximum Gasteiger partial charge on any atom is 0.387 e. The molecule has 1 unspecified atom stereocenters. The molecular formula is C14H17F2NO4. The summed E-state index contributed by atoms with van der Waals surface area (Å²) in [6.07, 6.45) is 1.82. The van der Waals surface area contributed by atoms with Crippen molar-refractivity contribution < 1.29 is 28.2 Å². The van der Waals surface area contributed by atoms with Crippen molar-refractivity contribution in [2.45, 2.75) is 32.0 Å². The molecule has 0 aliphatic heterocycles. The van der Waals surface area contributed by atoms with Crippen LogP contribution in [-0.2, 0) is 11.3 Å². The van der Waals surface area contributed by atoms with E-state index in [1.165, 1.54) is 13.2 Å². The van der Waals surface area contributed by atoms with E-state index in [-0.39, 0.29) is 17.4 Å². The molecule has 1 aromatic carbocycles. The van der Waals surface area contributed by atoms with Crippen LogP contribution in [0.4, 0.5) is 8.78 Å². The number of ether oxygens (including phenoxy) is 2. The van der Waals surface area contributed by atoms with Crippen LogP contribution in [0.5, 0.6) is 11.5 Å². The molecule has 0 heterocycles. The van der Waals surface area contributed by atoms with Gasteiger partial charge in [0.1, 0.15) is 6.04 Å². The van der Waals surface area contributed by atoms with Crippen molar-refractivity contribution in [1.29, 1.82) is 0 Å². The van der Waals surface area contributed by atoms with Gasteiger partial charge in [-0.1, -0.05) is 6.07 Å². The summed E-state index contributed by atoms with van der Waals surface area (Å²) >= 11 is 0. The quantitative estimate of drug-likeness (QED) is 0.771. The van der Waals surface area contributed by atoms with Gasteiger partial charge in [0.2, 0.25) is 0 Å². The second-order valence-electron chi connectivity index (χ2n) is 4.90. The SMILES string of the molecule is COc1cc(CNC(C(=O)O)C2CC2)ccc1OC(F)F. The van der Waals surface area contributed by atoms with Crippen LogP contribution in [-0.4, -0.2) is 30.8 Å². The number of hydrogen-bond donors (Lipinski definition) is 2. The Kier molecular flexibility index (Phi) is 4.95. The molecule has 0 saturated heterocycles. The third-order valence-electron chi connectivity index (χ3n) is 3.33. The van der Waals surface area contributed by atoms with E-state index in [0.29, 0.717) is 6.54 Å². The van der Waals surface area contributed by atoms with E-state index in [1.807, 2.05) is 0 Å². The normalized spacial score (nSPS) is 15.8. The predicted octanol–water partition coefficient (Wildman–Crippen LogP) is 2.25. The van der Waals surface area contributed by atoms with Gasteiger partial charge in [0.25, 0.3) is 0 Å². The van der Waals surface area contributed by atoms with E-state index in [0.717, 1.165) is 18.4 Å².